The number of benzene rings is 1. The topological polar surface area (TPSA) is 80.9 Å². The minimum atomic E-state index is -0.168. The number of halogens is 1. The number of nitrogens with one attached hydrogen (secondary N) is 1. The zero-order chi connectivity index (χ0) is 15.5. The van der Waals surface area contributed by atoms with Gasteiger partial charge < -0.3 is 9.84 Å². The molecule has 1 aromatic carbocycles. The zero-order valence-electron chi connectivity index (χ0n) is 11.5. The van der Waals surface area contributed by atoms with E-state index in [1.807, 2.05) is 13.0 Å². The van der Waals surface area contributed by atoms with Crippen LogP contribution in [0.25, 0.3) is 11.1 Å². The molecule has 2 heterocycles. The monoisotopic (exact) mass is 334 g/mol. The fourth-order valence-corrected chi connectivity index (χ4v) is 2.91. The third kappa shape index (κ3) is 3.05. The molecule has 3 aromatic rings. The van der Waals surface area contributed by atoms with Crippen molar-refractivity contribution in [2.45, 2.75) is 11.9 Å². The number of aryl methyl sites for hydroxylation is 1. The smallest absolute Gasteiger partial charge is 0.262 e. The molecule has 2 aromatic heterocycles. The number of amides is 1. The van der Waals surface area contributed by atoms with Crippen LogP contribution in [0, 0.1) is 6.92 Å². The lowest BCUT2D eigenvalue weighted by molar-refractivity contribution is -0.113. The molecule has 6 nitrogen and oxygen atoms in total. The van der Waals surface area contributed by atoms with E-state index in [-0.39, 0.29) is 11.7 Å². The first kappa shape index (κ1) is 14.8. The van der Waals surface area contributed by atoms with Gasteiger partial charge in [0.2, 0.25) is 5.91 Å². The number of anilines is 1. The number of hydrogen-bond acceptors (Lipinski definition) is 6. The number of rotatable bonds is 4. The van der Waals surface area contributed by atoms with E-state index in [1.165, 1.54) is 18.1 Å². The molecule has 0 unspecified atom stereocenters. The molecule has 0 saturated carbocycles. The molecule has 1 N–H and O–H groups in total. The van der Waals surface area contributed by atoms with Crippen LogP contribution in [0.2, 0.25) is 5.02 Å². The fourth-order valence-electron chi connectivity index (χ4n) is 1.88. The maximum absolute atomic E-state index is 12.0. The summed E-state index contributed by atoms with van der Waals surface area (Å²) in [6.45, 7) is 1.81. The summed E-state index contributed by atoms with van der Waals surface area (Å²) in [4.78, 5) is 20.2. The van der Waals surface area contributed by atoms with Crippen molar-refractivity contribution in [3.8, 4) is 0 Å². The highest BCUT2D eigenvalue weighted by molar-refractivity contribution is 8.00. The molecule has 1 amide bonds. The van der Waals surface area contributed by atoms with Gasteiger partial charge in [0, 0.05) is 0 Å². The van der Waals surface area contributed by atoms with E-state index in [0.29, 0.717) is 27.1 Å². The molecule has 0 aliphatic rings. The molecule has 0 spiro atoms. The summed E-state index contributed by atoms with van der Waals surface area (Å²) in [7, 11) is 0. The summed E-state index contributed by atoms with van der Waals surface area (Å²) < 4.78 is 5.08. The summed E-state index contributed by atoms with van der Waals surface area (Å²) in [6.07, 6.45) is 1.39. The number of hydrogen-bond donors (Lipinski definition) is 1. The molecule has 8 heteroatoms. The largest absolute Gasteiger partial charge is 0.335 e. The number of carbonyl (C=O) groups excluding carboxylic acids is 1. The molecular formula is C14H11ClN4O2S. The minimum absolute atomic E-state index is 0.168. The lowest BCUT2D eigenvalue weighted by Crippen LogP contribution is -2.14. The Balaban J connectivity index is 1.70. The number of fused-ring (bicyclic) bond motifs is 1. The molecule has 0 fully saturated rings. The Morgan fingerprint density at radius 2 is 2.18 bits per heavy atom. The first-order chi connectivity index (χ1) is 10.6. The standard InChI is InChI=1S/C14H11ClN4O2S/c1-8-12-13(21-19-8)16-7-17-14(12)22-6-11(20)18-10-5-3-2-4-9(10)15/h2-5,7H,6H2,1H3,(H,18,20). The second kappa shape index (κ2) is 6.33. The van der Waals surface area contributed by atoms with Crippen molar-refractivity contribution in [3.63, 3.8) is 0 Å². The van der Waals surface area contributed by atoms with E-state index >= 15 is 0 Å². The van der Waals surface area contributed by atoms with Gasteiger partial charge in [-0.25, -0.2) is 4.98 Å². The van der Waals surface area contributed by atoms with Gasteiger partial charge in [-0.1, -0.05) is 40.7 Å². The third-order valence-electron chi connectivity index (χ3n) is 2.90. The first-order valence-corrected chi connectivity index (χ1v) is 7.75. The number of nitrogens with zero attached hydrogens (tertiary/aromatic N) is 3. The summed E-state index contributed by atoms with van der Waals surface area (Å²) in [5, 5.41) is 8.52. The van der Waals surface area contributed by atoms with Gasteiger partial charge in [0.05, 0.1) is 27.5 Å². The van der Waals surface area contributed by atoms with Gasteiger partial charge in [0.1, 0.15) is 11.4 Å². The highest BCUT2D eigenvalue weighted by Crippen LogP contribution is 2.27. The highest BCUT2D eigenvalue weighted by atomic mass is 35.5. The van der Waals surface area contributed by atoms with Gasteiger partial charge in [-0.15, -0.1) is 0 Å². The van der Waals surface area contributed by atoms with Crippen molar-refractivity contribution in [3.05, 3.63) is 41.3 Å². The zero-order valence-corrected chi connectivity index (χ0v) is 13.1. The Bertz CT molecular complexity index is 837. The number of aromatic nitrogens is 3. The quantitative estimate of drug-likeness (QED) is 0.582. The molecule has 112 valence electrons. The van der Waals surface area contributed by atoms with Crippen molar-refractivity contribution in [2.24, 2.45) is 0 Å². The summed E-state index contributed by atoms with van der Waals surface area (Å²) >= 11 is 7.30. The van der Waals surface area contributed by atoms with Crippen LogP contribution in [0.15, 0.2) is 40.1 Å². The van der Waals surface area contributed by atoms with Crippen LogP contribution in [0.4, 0.5) is 5.69 Å². The Labute approximate surface area is 135 Å². The fraction of sp³-hybridized carbons (Fsp3) is 0.143. The number of para-hydroxylation sites is 1. The normalized spacial score (nSPS) is 10.8. The number of thioether (sulfide) groups is 1. The first-order valence-electron chi connectivity index (χ1n) is 6.39. The van der Waals surface area contributed by atoms with E-state index in [9.17, 15) is 4.79 Å². The van der Waals surface area contributed by atoms with Crippen molar-refractivity contribution in [2.75, 3.05) is 11.1 Å². The van der Waals surface area contributed by atoms with Gasteiger partial charge in [0.15, 0.2) is 0 Å². The molecule has 0 atom stereocenters. The van der Waals surface area contributed by atoms with Gasteiger partial charge >= 0.3 is 0 Å². The molecule has 3 rings (SSSR count). The Morgan fingerprint density at radius 1 is 1.36 bits per heavy atom. The van der Waals surface area contributed by atoms with Crippen molar-refractivity contribution >= 4 is 46.1 Å². The van der Waals surface area contributed by atoms with Crippen LogP contribution in [0.1, 0.15) is 5.69 Å². The second-order valence-electron chi connectivity index (χ2n) is 4.44. The molecule has 22 heavy (non-hydrogen) atoms. The van der Waals surface area contributed by atoms with Crippen LogP contribution >= 0.6 is 23.4 Å². The molecule has 0 aliphatic carbocycles. The maximum atomic E-state index is 12.0. The van der Waals surface area contributed by atoms with Crippen LogP contribution < -0.4 is 5.32 Å². The predicted molar refractivity (Wildman–Crippen MR) is 85.1 cm³/mol. The van der Waals surface area contributed by atoms with Gasteiger partial charge in [-0.05, 0) is 19.1 Å². The van der Waals surface area contributed by atoms with Gasteiger partial charge in [-0.3, -0.25) is 4.79 Å². The lowest BCUT2D eigenvalue weighted by atomic mass is 10.3. The van der Waals surface area contributed by atoms with Crippen LogP contribution in [0.3, 0.4) is 0 Å². The minimum Gasteiger partial charge on any atom is -0.335 e. The second-order valence-corrected chi connectivity index (χ2v) is 5.81. The summed E-state index contributed by atoms with van der Waals surface area (Å²) in [5.41, 5.74) is 1.70. The van der Waals surface area contributed by atoms with Gasteiger partial charge in [0.25, 0.3) is 5.71 Å². The number of carbonyl (C=O) groups is 1. The van der Waals surface area contributed by atoms with E-state index in [4.69, 9.17) is 16.1 Å². The van der Waals surface area contributed by atoms with Crippen LogP contribution in [-0.2, 0) is 4.79 Å². The lowest BCUT2D eigenvalue weighted by Gasteiger charge is -2.06. The highest BCUT2D eigenvalue weighted by Gasteiger charge is 2.14. The van der Waals surface area contributed by atoms with E-state index in [1.54, 1.807) is 18.2 Å². The molecular weight excluding hydrogens is 324 g/mol. The van der Waals surface area contributed by atoms with E-state index < -0.39 is 0 Å². The predicted octanol–water partition coefficient (Wildman–Crippen LogP) is 3.31. The van der Waals surface area contributed by atoms with Crippen molar-refractivity contribution < 1.29 is 9.32 Å². The molecule has 0 radical (unpaired) electrons. The average Bonchev–Trinajstić information content (AvgIpc) is 2.90. The van der Waals surface area contributed by atoms with Crippen molar-refractivity contribution in [1.82, 2.24) is 15.1 Å². The Hall–Kier alpha value is -2.12. The summed E-state index contributed by atoms with van der Waals surface area (Å²) in [5.74, 6) is 0.0288. The molecule has 0 saturated heterocycles. The van der Waals surface area contributed by atoms with Crippen LogP contribution in [0.5, 0.6) is 0 Å². The van der Waals surface area contributed by atoms with Crippen LogP contribution in [-0.4, -0.2) is 26.8 Å². The third-order valence-corrected chi connectivity index (χ3v) is 4.22. The average molecular weight is 335 g/mol. The summed E-state index contributed by atoms with van der Waals surface area (Å²) in [6, 6.07) is 7.08. The SMILES string of the molecule is Cc1noc2ncnc(SCC(=O)Nc3ccccc3Cl)c12. The van der Waals surface area contributed by atoms with E-state index in [0.717, 1.165) is 5.39 Å². The molecule has 0 aliphatic heterocycles. The van der Waals surface area contributed by atoms with Gasteiger partial charge in [-0.2, -0.15) is 4.98 Å². The molecule has 0 bridgehead atoms. The van der Waals surface area contributed by atoms with Crippen molar-refractivity contribution in [1.29, 1.82) is 0 Å². The Kier molecular flexibility index (Phi) is 4.26. The maximum Gasteiger partial charge on any atom is 0.262 e. The van der Waals surface area contributed by atoms with E-state index in [2.05, 4.69) is 20.4 Å². The Morgan fingerprint density at radius 3 is 3.00 bits per heavy atom.